The molecule has 106 valence electrons. The van der Waals surface area contributed by atoms with Crippen LogP contribution in [-0.2, 0) is 11.3 Å². The first-order valence-corrected chi connectivity index (χ1v) is 7.61. The van der Waals surface area contributed by atoms with Gasteiger partial charge in [0.2, 0.25) is 0 Å². The van der Waals surface area contributed by atoms with E-state index in [1.54, 1.807) is 24.7 Å². The van der Waals surface area contributed by atoms with Gasteiger partial charge in [-0.3, -0.25) is 14.5 Å². The molecule has 1 aliphatic carbocycles. The van der Waals surface area contributed by atoms with Gasteiger partial charge in [0, 0.05) is 16.7 Å². The first kappa shape index (κ1) is 12.8. The third-order valence-electron chi connectivity index (χ3n) is 3.94. The minimum Gasteiger partial charge on any atom is -0.330 e. The normalized spacial score (nSPS) is 17.5. The summed E-state index contributed by atoms with van der Waals surface area (Å²) < 4.78 is 2.96. The fraction of sp³-hybridized carbons (Fsp3) is 0.267. The van der Waals surface area contributed by atoms with Crippen molar-refractivity contribution in [2.24, 2.45) is 0 Å². The Kier molecular flexibility index (Phi) is 2.75. The lowest BCUT2D eigenvalue weighted by molar-refractivity contribution is -0.114. The lowest BCUT2D eigenvalue weighted by Crippen LogP contribution is -2.30. The Hall–Kier alpha value is -1.95. The SMILES string of the molecule is O=C1C(=O)N(Cc2cncn2C2CC2)c2cc(Br)ccc21. The van der Waals surface area contributed by atoms with Gasteiger partial charge in [0.1, 0.15) is 0 Å². The van der Waals surface area contributed by atoms with E-state index in [2.05, 4.69) is 25.5 Å². The number of nitrogens with zero attached hydrogens (tertiary/aromatic N) is 3. The zero-order valence-electron chi connectivity index (χ0n) is 11.1. The van der Waals surface area contributed by atoms with Crippen LogP contribution >= 0.6 is 15.9 Å². The molecule has 2 heterocycles. The Morgan fingerprint density at radius 3 is 2.86 bits per heavy atom. The van der Waals surface area contributed by atoms with Crippen molar-refractivity contribution in [3.63, 3.8) is 0 Å². The van der Waals surface area contributed by atoms with Gasteiger partial charge in [-0.25, -0.2) is 4.98 Å². The van der Waals surface area contributed by atoms with Crippen molar-refractivity contribution in [2.45, 2.75) is 25.4 Å². The van der Waals surface area contributed by atoms with Crippen molar-refractivity contribution in [2.75, 3.05) is 4.90 Å². The average Bonchev–Trinajstić information content (AvgIpc) is 3.17. The molecule has 1 aromatic heterocycles. The van der Waals surface area contributed by atoms with Gasteiger partial charge >= 0.3 is 0 Å². The quantitative estimate of drug-likeness (QED) is 0.803. The highest BCUT2D eigenvalue weighted by atomic mass is 79.9. The summed E-state index contributed by atoms with van der Waals surface area (Å²) in [7, 11) is 0. The number of hydrogen-bond acceptors (Lipinski definition) is 3. The van der Waals surface area contributed by atoms with Gasteiger partial charge in [0.25, 0.3) is 11.7 Å². The Bertz CT molecular complexity index is 764. The van der Waals surface area contributed by atoms with E-state index in [-0.39, 0.29) is 0 Å². The molecule has 1 amide bonds. The molecule has 1 aliphatic heterocycles. The van der Waals surface area contributed by atoms with E-state index in [9.17, 15) is 9.59 Å². The van der Waals surface area contributed by atoms with Crippen molar-refractivity contribution in [3.05, 3.63) is 46.5 Å². The van der Waals surface area contributed by atoms with E-state index in [0.717, 1.165) is 23.0 Å². The first-order chi connectivity index (χ1) is 10.1. The largest absolute Gasteiger partial charge is 0.330 e. The predicted molar refractivity (Wildman–Crippen MR) is 80.2 cm³/mol. The molecule has 0 saturated heterocycles. The standard InChI is InChI=1S/C15H12BrN3O2/c16-9-1-4-12-13(5-9)18(15(21)14(12)20)7-11-6-17-8-19(11)10-2-3-10/h1,4-6,8,10H,2-3,7H2. The molecule has 0 bridgehead atoms. The van der Waals surface area contributed by atoms with E-state index in [1.807, 2.05) is 6.07 Å². The molecule has 1 saturated carbocycles. The number of imidazole rings is 1. The van der Waals surface area contributed by atoms with Crippen LogP contribution in [0.15, 0.2) is 35.2 Å². The number of carbonyl (C=O) groups is 2. The third kappa shape index (κ3) is 2.01. The zero-order valence-corrected chi connectivity index (χ0v) is 12.7. The maximum Gasteiger partial charge on any atom is 0.299 e. The number of anilines is 1. The molecule has 4 rings (SSSR count). The minimum atomic E-state index is -0.466. The molecule has 0 atom stereocenters. The highest BCUT2D eigenvalue weighted by molar-refractivity contribution is 9.10. The van der Waals surface area contributed by atoms with Crippen LogP contribution in [0.25, 0.3) is 0 Å². The smallest absolute Gasteiger partial charge is 0.299 e. The number of Topliss-reactive ketones (excluding diaryl/α,β-unsaturated/α-hetero) is 1. The minimum absolute atomic E-state index is 0.379. The molecule has 0 unspecified atom stereocenters. The molecule has 21 heavy (non-hydrogen) atoms. The Balaban J connectivity index is 1.72. The van der Waals surface area contributed by atoms with Gasteiger partial charge in [0.15, 0.2) is 0 Å². The van der Waals surface area contributed by atoms with E-state index in [0.29, 0.717) is 23.8 Å². The second-order valence-electron chi connectivity index (χ2n) is 5.41. The molecule has 0 N–H and O–H groups in total. The number of ketones is 1. The van der Waals surface area contributed by atoms with Crippen LogP contribution in [0.3, 0.4) is 0 Å². The number of halogens is 1. The number of amides is 1. The second-order valence-corrected chi connectivity index (χ2v) is 6.32. The number of carbonyl (C=O) groups excluding carboxylic acids is 2. The monoisotopic (exact) mass is 345 g/mol. The summed E-state index contributed by atoms with van der Waals surface area (Å²) in [5.74, 6) is -0.901. The van der Waals surface area contributed by atoms with Crippen molar-refractivity contribution in [1.82, 2.24) is 9.55 Å². The molecule has 6 heteroatoms. The summed E-state index contributed by atoms with van der Waals surface area (Å²) in [6, 6.07) is 5.79. The van der Waals surface area contributed by atoms with Crippen LogP contribution in [0, 0.1) is 0 Å². The van der Waals surface area contributed by atoms with Crippen molar-refractivity contribution in [3.8, 4) is 0 Å². The Morgan fingerprint density at radius 2 is 2.10 bits per heavy atom. The van der Waals surface area contributed by atoms with Gasteiger partial charge in [-0.1, -0.05) is 15.9 Å². The number of aromatic nitrogens is 2. The third-order valence-corrected chi connectivity index (χ3v) is 4.43. The summed E-state index contributed by atoms with van der Waals surface area (Å²) in [5.41, 5.74) is 2.11. The Labute approximate surface area is 129 Å². The van der Waals surface area contributed by atoms with Gasteiger partial charge in [0.05, 0.1) is 29.8 Å². The molecule has 2 aromatic rings. The molecular formula is C15H12BrN3O2. The molecule has 1 fully saturated rings. The fourth-order valence-electron chi connectivity index (χ4n) is 2.72. The lowest BCUT2D eigenvalue weighted by Gasteiger charge is -2.17. The van der Waals surface area contributed by atoms with Crippen LogP contribution in [0.1, 0.15) is 34.9 Å². The van der Waals surface area contributed by atoms with Gasteiger partial charge in [-0.05, 0) is 31.0 Å². The molecular weight excluding hydrogens is 334 g/mol. The summed E-state index contributed by atoms with van der Waals surface area (Å²) in [5, 5.41) is 0. The van der Waals surface area contributed by atoms with Gasteiger partial charge in [-0.15, -0.1) is 0 Å². The highest BCUT2D eigenvalue weighted by Crippen LogP contribution is 2.37. The van der Waals surface area contributed by atoms with Crippen LogP contribution in [0.4, 0.5) is 5.69 Å². The fourth-order valence-corrected chi connectivity index (χ4v) is 3.07. The summed E-state index contributed by atoms with van der Waals surface area (Å²) in [6.07, 6.45) is 5.87. The van der Waals surface area contributed by atoms with E-state index in [1.165, 1.54) is 4.90 Å². The molecule has 5 nitrogen and oxygen atoms in total. The molecule has 0 radical (unpaired) electrons. The molecule has 0 spiro atoms. The molecule has 2 aliphatic rings. The predicted octanol–water partition coefficient (Wildman–Crippen LogP) is 2.71. The lowest BCUT2D eigenvalue weighted by atomic mass is 10.1. The van der Waals surface area contributed by atoms with Crippen molar-refractivity contribution >= 4 is 33.3 Å². The maximum atomic E-state index is 12.2. The first-order valence-electron chi connectivity index (χ1n) is 6.81. The van der Waals surface area contributed by atoms with Crippen LogP contribution < -0.4 is 4.90 Å². The molecule has 1 aromatic carbocycles. The Morgan fingerprint density at radius 1 is 1.29 bits per heavy atom. The second kappa shape index (κ2) is 4.53. The van der Waals surface area contributed by atoms with Crippen LogP contribution in [0.5, 0.6) is 0 Å². The van der Waals surface area contributed by atoms with E-state index >= 15 is 0 Å². The number of rotatable bonds is 3. The van der Waals surface area contributed by atoms with E-state index < -0.39 is 11.7 Å². The zero-order chi connectivity index (χ0) is 14.6. The topological polar surface area (TPSA) is 55.2 Å². The van der Waals surface area contributed by atoms with Crippen LogP contribution in [0.2, 0.25) is 0 Å². The van der Waals surface area contributed by atoms with Crippen molar-refractivity contribution < 1.29 is 9.59 Å². The van der Waals surface area contributed by atoms with Crippen LogP contribution in [-0.4, -0.2) is 21.2 Å². The highest BCUT2D eigenvalue weighted by Gasteiger charge is 2.37. The number of benzene rings is 1. The summed E-state index contributed by atoms with van der Waals surface area (Å²) >= 11 is 3.39. The summed E-state index contributed by atoms with van der Waals surface area (Å²) in [4.78, 5) is 30.0. The van der Waals surface area contributed by atoms with E-state index in [4.69, 9.17) is 0 Å². The maximum absolute atomic E-state index is 12.2. The van der Waals surface area contributed by atoms with Gasteiger partial charge in [-0.2, -0.15) is 0 Å². The number of hydrogen-bond donors (Lipinski definition) is 0. The summed E-state index contributed by atoms with van der Waals surface area (Å²) in [6.45, 7) is 0.379. The average molecular weight is 346 g/mol. The van der Waals surface area contributed by atoms with Gasteiger partial charge < -0.3 is 4.57 Å². The van der Waals surface area contributed by atoms with Crippen molar-refractivity contribution in [1.29, 1.82) is 0 Å². The number of fused-ring (bicyclic) bond motifs is 1.